The molecule has 0 unspecified atom stereocenters. The Balaban J connectivity index is 1.87. The van der Waals surface area contributed by atoms with E-state index in [4.69, 9.17) is 4.74 Å². The van der Waals surface area contributed by atoms with Gasteiger partial charge in [0.15, 0.2) is 0 Å². The Bertz CT molecular complexity index is 560. The molecule has 24 heavy (non-hydrogen) atoms. The summed E-state index contributed by atoms with van der Waals surface area (Å²) in [6.07, 6.45) is 5.07. The van der Waals surface area contributed by atoms with E-state index >= 15 is 0 Å². The van der Waals surface area contributed by atoms with Gasteiger partial charge in [0, 0.05) is 31.5 Å². The van der Waals surface area contributed by atoms with Crippen molar-refractivity contribution in [2.24, 2.45) is 5.92 Å². The van der Waals surface area contributed by atoms with Gasteiger partial charge in [0.25, 0.3) is 0 Å². The SMILES string of the molecule is Cc1ccc([C@]2(CC(=O)N3CCCC3)CCO[C@@H](C(C)C)C2)cc1. The minimum Gasteiger partial charge on any atom is -0.378 e. The Morgan fingerprint density at radius 3 is 2.54 bits per heavy atom. The lowest BCUT2D eigenvalue weighted by atomic mass is 9.68. The molecule has 2 aliphatic rings. The molecule has 1 aromatic rings. The van der Waals surface area contributed by atoms with Crippen molar-refractivity contribution in [2.45, 2.75) is 64.4 Å². The van der Waals surface area contributed by atoms with Gasteiger partial charge in [-0.15, -0.1) is 0 Å². The average molecular weight is 329 g/mol. The van der Waals surface area contributed by atoms with Crippen molar-refractivity contribution < 1.29 is 9.53 Å². The molecule has 2 fully saturated rings. The molecule has 1 amide bonds. The molecule has 0 saturated carbocycles. The number of hydrogen-bond donors (Lipinski definition) is 0. The van der Waals surface area contributed by atoms with Crippen LogP contribution in [0.5, 0.6) is 0 Å². The molecule has 3 heteroatoms. The highest BCUT2D eigenvalue weighted by molar-refractivity contribution is 5.78. The van der Waals surface area contributed by atoms with Crippen LogP contribution in [0.25, 0.3) is 0 Å². The monoisotopic (exact) mass is 329 g/mol. The van der Waals surface area contributed by atoms with E-state index < -0.39 is 0 Å². The van der Waals surface area contributed by atoms with Crippen molar-refractivity contribution in [3.8, 4) is 0 Å². The smallest absolute Gasteiger partial charge is 0.223 e. The zero-order chi connectivity index (χ0) is 17.2. The van der Waals surface area contributed by atoms with Gasteiger partial charge in [-0.05, 0) is 44.1 Å². The van der Waals surface area contributed by atoms with Gasteiger partial charge in [-0.25, -0.2) is 0 Å². The molecule has 3 nitrogen and oxygen atoms in total. The molecule has 2 heterocycles. The minimum absolute atomic E-state index is 0.0689. The van der Waals surface area contributed by atoms with E-state index in [1.807, 2.05) is 0 Å². The summed E-state index contributed by atoms with van der Waals surface area (Å²) in [5.41, 5.74) is 2.52. The second-order valence-electron chi connectivity index (χ2n) is 8.02. The van der Waals surface area contributed by atoms with Crippen molar-refractivity contribution in [1.82, 2.24) is 4.90 Å². The quantitative estimate of drug-likeness (QED) is 0.833. The summed E-state index contributed by atoms with van der Waals surface area (Å²) >= 11 is 0. The Hall–Kier alpha value is -1.35. The first-order valence-corrected chi connectivity index (χ1v) is 9.47. The Morgan fingerprint density at radius 1 is 1.25 bits per heavy atom. The first-order chi connectivity index (χ1) is 11.5. The lowest BCUT2D eigenvalue weighted by molar-refractivity contribution is -0.133. The predicted octanol–water partition coefficient (Wildman–Crippen LogP) is 4.08. The van der Waals surface area contributed by atoms with Gasteiger partial charge in [0.2, 0.25) is 5.91 Å². The molecular weight excluding hydrogens is 298 g/mol. The van der Waals surface area contributed by atoms with Gasteiger partial charge in [0.05, 0.1) is 6.10 Å². The third kappa shape index (κ3) is 3.66. The van der Waals surface area contributed by atoms with Gasteiger partial charge < -0.3 is 9.64 Å². The van der Waals surface area contributed by atoms with Crippen molar-refractivity contribution >= 4 is 5.91 Å². The molecule has 0 radical (unpaired) electrons. The van der Waals surface area contributed by atoms with Crippen LogP contribution in [0, 0.1) is 12.8 Å². The molecule has 2 aliphatic heterocycles. The first-order valence-electron chi connectivity index (χ1n) is 9.47. The Morgan fingerprint density at radius 2 is 1.92 bits per heavy atom. The maximum absolute atomic E-state index is 12.9. The Kier molecular flexibility index (Phi) is 5.29. The van der Waals surface area contributed by atoms with Crippen LogP contribution in [-0.4, -0.2) is 36.6 Å². The zero-order valence-electron chi connectivity index (χ0n) is 15.4. The normalized spacial score (nSPS) is 27.7. The Labute approximate surface area is 146 Å². The second kappa shape index (κ2) is 7.26. The number of likely N-dealkylation sites (tertiary alicyclic amines) is 1. The van der Waals surface area contributed by atoms with Crippen molar-refractivity contribution in [3.63, 3.8) is 0 Å². The first kappa shape index (κ1) is 17.5. The van der Waals surface area contributed by atoms with Crippen LogP contribution in [0.4, 0.5) is 0 Å². The topological polar surface area (TPSA) is 29.5 Å². The molecule has 0 aromatic heterocycles. The number of nitrogens with zero attached hydrogens (tertiary/aromatic N) is 1. The zero-order valence-corrected chi connectivity index (χ0v) is 15.4. The van der Waals surface area contributed by atoms with Crippen LogP contribution in [0.3, 0.4) is 0 Å². The van der Waals surface area contributed by atoms with Crippen molar-refractivity contribution in [2.75, 3.05) is 19.7 Å². The fourth-order valence-electron chi connectivity index (χ4n) is 4.18. The number of carbonyl (C=O) groups excluding carboxylic acids is 1. The van der Waals surface area contributed by atoms with E-state index in [2.05, 4.69) is 49.9 Å². The van der Waals surface area contributed by atoms with Gasteiger partial charge in [-0.1, -0.05) is 43.7 Å². The summed E-state index contributed by atoms with van der Waals surface area (Å²) in [7, 11) is 0. The minimum atomic E-state index is -0.0689. The summed E-state index contributed by atoms with van der Waals surface area (Å²) < 4.78 is 6.02. The average Bonchev–Trinajstić information content (AvgIpc) is 3.10. The van der Waals surface area contributed by atoms with E-state index in [0.29, 0.717) is 18.2 Å². The summed E-state index contributed by atoms with van der Waals surface area (Å²) in [5, 5.41) is 0. The molecule has 0 aliphatic carbocycles. The van der Waals surface area contributed by atoms with Crippen LogP contribution >= 0.6 is 0 Å². The highest BCUT2D eigenvalue weighted by atomic mass is 16.5. The second-order valence-corrected chi connectivity index (χ2v) is 8.02. The number of benzene rings is 1. The molecule has 2 atom stereocenters. The molecule has 0 bridgehead atoms. The third-order valence-corrected chi connectivity index (χ3v) is 5.86. The number of ether oxygens (including phenoxy) is 1. The summed E-state index contributed by atoms with van der Waals surface area (Å²) in [5.74, 6) is 0.814. The molecular formula is C21H31NO2. The van der Waals surface area contributed by atoms with Gasteiger partial charge in [-0.2, -0.15) is 0 Å². The van der Waals surface area contributed by atoms with Crippen LogP contribution in [0.15, 0.2) is 24.3 Å². The third-order valence-electron chi connectivity index (χ3n) is 5.86. The van der Waals surface area contributed by atoms with Gasteiger partial charge in [-0.3, -0.25) is 4.79 Å². The van der Waals surface area contributed by atoms with E-state index in [1.54, 1.807) is 0 Å². The van der Waals surface area contributed by atoms with Crippen LogP contribution in [0.2, 0.25) is 0 Å². The van der Waals surface area contributed by atoms with Gasteiger partial charge in [0.1, 0.15) is 0 Å². The molecule has 0 spiro atoms. The maximum Gasteiger partial charge on any atom is 0.223 e. The predicted molar refractivity (Wildman–Crippen MR) is 97.1 cm³/mol. The number of carbonyl (C=O) groups is 1. The molecule has 1 aromatic carbocycles. The lowest BCUT2D eigenvalue weighted by Gasteiger charge is -2.43. The molecule has 132 valence electrons. The molecule has 2 saturated heterocycles. The lowest BCUT2D eigenvalue weighted by Crippen LogP contribution is -2.44. The summed E-state index contributed by atoms with van der Waals surface area (Å²) in [4.78, 5) is 15.0. The fraction of sp³-hybridized carbons (Fsp3) is 0.667. The molecule has 3 rings (SSSR count). The van der Waals surface area contributed by atoms with E-state index in [9.17, 15) is 4.79 Å². The van der Waals surface area contributed by atoms with Crippen molar-refractivity contribution in [1.29, 1.82) is 0 Å². The summed E-state index contributed by atoms with van der Waals surface area (Å²) in [6.45, 7) is 9.19. The summed E-state index contributed by atoms with van der Waals surface area (Å²) in [6, 6.07) is 8.82. The molecule has 0 N–H and O–H groups in total. The number of aryl methyl sites for hydroxylation is 1. The standard InChI is InChI=1S/C21H31NO2/c1-16(2)19-14-21(10-13-24-19,18-8-6-17(3)7-9-18)15-20(23)22-11-4-5-12-22/h6-9,16,19H,4-5,10-15H2,1-3H3/t19-,21-/m1/s1. The maximum atomic E-state index is 12.9. The highest BCUT2D eigenvalue weighted by Gasteiger charge is 2.42. The largest absolute Gasteiger partial charge is 0.378 e. The van der Waals surface area contributed by atoms with Crippen LogP contribution in [-0.2, 0) is 14.9 Å². The van der Waals surface area contributed by atoms with E-state index in [-0.39, 0.29) is 11.5 Å². The van der Waals surface area contributed by atoms with Gasteiger partial charge >= 0.3 is 0 Å². The van der Waals surface area contributed by atoms with Crippen LogP contribution in [0.1, 0.15) is 57.1 Å². The van der Waals surface area contributed by atoms with E-state index in [1.165, 1.54) is 11.1 Å². The van der Waals surface area contributed by atoms with Crippen molar-refractivity contribution in [3.05, 3.63) is 35.4 Å². The number of amides is 1. The van der Waals surface area contributed by atoms with E-state index in [0.717, 1.165) is 45.4 Å². The fourth-order valence-corrected chi connectivity index (χ4v) is 4.18. The highest BCUT2D eigenvalue weighted by Crippen LogP contribution is 2.42. The number of rotatable bonds is 4. The van der Waals surface area contributed by atoms with Crippen LogP contribution < -0.4 is 0 Å². The number of hydrogen-bond acceptors (Lipinski definition) is 2.